The predicted molar refractivity (Wildman–Crippen MR) is 85.0 cm³/mol. The third kappa shape index (κ3) is 5.35. The van der Waals surface area contributed by atoms with E-state index in [1.54, 1.807) is 0 Å². The summed E-state index contributed by atoms with van der Waals surface area (Å²) in [5, 5.41) is 3.87. The Bertz CT molecular complexity index is 398. The number of amides is 1. The van der Waals surface area contributed by atoms with Crippen LogP contribution in [-0.4, -0.2) is 17.3 Å². The first-order valence-electron chi connectivity index (χ1n) is 6.90. The molecule has 0 spiro atoms. The van der Waals surface area contributed by atoms with Gasteiger partial charge in [-0.3, -0.25) is 4.79 Å². The summed E-state index contributed by atoms with van der Waals surface area (Å²) in [6.45, 7) is 8.63. The van der Waals surface area contributed by atoms with Crippen molar-refractivity contribution >= 4 is 21.8 Å². The highest BCUT2D eigenvalue weighted by Crippen LogP contribution is 2.15. The molecule has 1 rings (SSSR count). The van der Waals surface area contributed by atoms with Gasteiger partial charge in [0.25, 0.3) is 5.91 Å². The lowest BCUT2D eigenvalue weighted by atomic mass is 10.0. The number of carbonyl (C=O) groups excluding carboxylic acids is 1. The molecule has 1 N–H and O–H groups in total. The molecule has 0 saturated carbocycles. The van der Waals surface area contributed by atoms with Gasteiger partial charge in [-0.25, -0.2) is 0 Å². The molecule has 106 valence electrons. The Morgan fingerprint density at radius 2 is 1.74 bits per heavy atom. The van der Waals surface area contributed by atoms with E-state index in [4.69, 9.17) is 0 Å². The molecule has 0 aliphatic carbocycles. The number of hydrogen-bond donors (Lipinski definition) is 1. The first kappa shape index (κ1) is 16.2. The zero-order valence-electron chi connectivity index (χ0n) is 12.2. The molecule has 1 atom stereocenters. The van der Waals surface area contributed by atoms with Crippen LogP contribution in [-0.2, 0) is 0 Å². The molecule has 0 fully saturated rings. The molecule has 2 nitrogen and oxygen atoms in total. The number of rotatable bonds is 6. The molecule has 0 aromatic heterocycles. The molecule has 1 aromatic carbocycles. The predicted octanol–water partition coefficient (Wildman–Crippen LogP) is 4.35. The summed E-state index contributed by atoms with van der Waals surface area (Å²) >= 11 is 3.46. The first-order chi connectivity index (χ1) is 8.93. The molecule has 0 aliphatic rings. The third-order valence-electron chi connectivity index (χ3n) is 3.12. The van der Waals surface area contributed by atoms with Crippen LogP contribution >= 0.6 is 15.9 Å². The fraction of sp³-hybridized carbons (Fsp3) is 0.562. The Hall–Kier alpha value is -0.830. The molecule has 1 unspecified atom stereocenters. The van der Waals surface area contributed by atoms with Gasteiger partial charge in [0.2, 0.25) is 0 Å². The van der Waals surface area contributed by atoms with Gasteiger partial charge in [0, 0.05) is 16.9 Å². The standard InChI is InChI=1S/C16H24BrNO/c1-11(2)9-15(10-17)18-16(19)14-7-5-13(6-8-14)12(3)4/h5-8,11-12,15H,9-10H2,1-4H3,(H,18,19). The SMILES string of the molecule is CC(C)CC(CBr)NC(=O)c1ccc(C(C)C)cc1. The van der Waals surface area contributed by atoms with E-state index in [-0.39, 0.29) is 11.9 Å². The molecule has 1 amide bonds. The van der Waals surface area contributed by atoms with Gasteiger partial charge < -0.3 is 5.32 Å². The number of benzene rings is 1. The molecule has 0 aliphatic heterocycles. The van der Waals surface area contributed by atoms with Crippen LogP contribution in [0.15, 0.2) is 24.3 Å². The molecule has 0 saturated heterocycles. The topological polar surface area (TPSA) is 29.1 Å². The summed E-state index contributed by atoms with van der Waals surface area (Å²) in [5.41, 5.74) is 2.00. The molecule has 19 heavy (non-hydrogen) atoms. The zero-order valence-corrected chi connectivity index (χ0v) is 13.8. The largest absolute Gasteiger partial charge is 0.348 e. The highest BCUT2D eigenvalue weighted by Gasteiger charge is 2.14. The van der Waals surface area contributed by atoms with Crippen molar-refractivity contribution in [1.82, 2.24) is 5.32 Å². The van der Waals surface area contributed by atoms with Crippen LogP contribution in [0.3, 0.4) is 0 Å². The van der Waals surface area contributed by atoms with Crippen molar-refractivity contribution in [2.45, 2.75) is 46.1 Å². The molecule has 3 heteroatoms. The number of carbonyl (C=O) groups is 1. The van der Waals surface area contributed by atoms with Crippen molar-refractivity contribution in [2.75, 3.05) is 5.33 Å². The van der Waals surface area contributed by atoms with Crippen molar-refractivity contribution in [3.63, 3.8) is 0 Å². The van der Waals surface area contributed by atoms with Crippen LogP contribution < -0.4 is 5.32 Å². The van der Waals surface area contributed by atoms with Crippen LogP contribution in [0.25, 0.3) is 0 Å². The van der Waals surface area contributed by atoms with E-state index in [2.05, 4.69) is 48.9 Å². The average molecular weight is 326 g/mol. The lowest BCUT2D eigenvalue weighted by Gasteiger charge is -2.18. The van der Waals surface area contributed by atoms with Crippen molar-refractivity contribution in [3.05, 3.63) is 35.4 Å². The van der Waals surface area contributed by atoms with Crippen LogP contribution in [0.2, 0.25) is 0 Å². The summed E-state index contributed by atoms with van der Waals surface area (Å²) in [5.74, 6) is 1.08. The van der Waals surface area contributed by atoms with E-state index < -0.39 is 0 Å². The molecular formula is C16H24BrNO. The lowest BCUT2D eigenvalue weighted by Crippen LogP contribution is -2.37. The quantitative estimate of drug-likeness (QED) is 0.774. The zero-order chi connectivity index (χ0) is 14.4. The molecular weight excluding hydrogens is 302 g/mol. The summed E-state index contributed by atoms with van der Waals surface area (Å²) in [7, 11) is 0. The molecule has 0 heterocycles. The maximum Gasteiger partial charge on any atom is 0.251 e. The molecule has 0 bridgehead atoms. The third-order valence-corrected chi connectivity index (χ3v) is 3.90. The van der Waals surface area contributed by atoms with E-state index in [1.807, 2.05) is 24.3 Å². The first-order valence-corrected chi connectivity index (χ1v) is 8.03. The van der Waals surface area contributed by atoms with Gasteiger partial charge in [0.05, 0.1) is 0 Å². The Morgan fingerprint density at radius 1 is 1.16 bits per heavy atom. The van der Waals surface area contributed by atoms with E-state index >= 15 is 0 Å². The molecule has 1 aromatic rings. The monoisotopic (exact) mass is 325 g/mol. The van der Waals surface area contributed by atoms with E-state index in [0.29, 0.717) is 11.8 Å². The van der Waals surface area contributed by atoms with Crippen LogP contribution in [0.4, 0.5) is 0 Å². The van der Waals surface area contributed by atoms with E-state index in [1.165, 1.54) is 5.56 Å². The van der Waals surface area contributed by atoms with E-state index in [9.17, 15) is 4.79 Å². The average Bonchev–Trinajstić information content (AvgIpc) is 2.37. The van der Waals surface area contributed by atoms with Gasteiger partial charge in [-0.1, -0.05) is 55.8 Å². The maximum atomic E-state index is 12.1. The summed E-state index contributed by atoms with van der Waals surface area (Å²) in [6.07, 6.45) is 0.987. The summed E-state index contributed by atoms with van der Waals surface area (Å²) < 4.78 is 0. The Kier molecular flexibility index (Phi) is 6.56. The van der Waals surface area contributed by atoms with Crippen molar-refractivity contribution in [2.24, 2.45) is 5.92 Å². The Balaban J connectivity index is 2.66. The molecule has 0 radical (unpaired) electrons. The Labute approximate surface area is 125 Å². The fourth-order valence-corrected chi connectivity index (χ4v) is 2.44. The van der Waals surface area contributed by atoms with Crippen molar-refractivity contribution in [1.29, 1.82) is 0 Å². The Morgan fingerprint density at radius 3 is 2.16 bits per heavy atom. The number of alkyl halides is 1. The van der Waals surface area contributed by atoms with Gasteiger partial charge in [-0.2, -0.15) is 0 Å². The minimum absolute atomic E-state index is 0.0143. The second-order valence-electron chi connectivity index (χ2n) is 5.73. The van der Waals surface area contributed by atoms with Crippen molar-refractivity contribution < 1.29 is 4.79 Å². The van der Waals surface area contributed by atoms with Gasteiger partial charge in [0.1, 0.15) is 0 Å². The minimum atomic E-state index is 0.0143. The fourth-order valence-electron chi connectivity index (χ4n) is 2.02. The summed E-state index contributed by atoms with van der Waals surface area (Å²) in [4.78, 5) is 12.1. The van der Waals surface area contributed by atoms with E-state index in [0.717, 1.165) is 17.3 Å². The van der Waals surface area contributed by atoms with Crippen LogP contribution in [0.5, 0.6) is 0 Å². The van der Waals surface area contributed by atoms with Gasteiger partial charge in [-0.05, 0) is 36.0 Å². The van der Waals surface area contributed by atoms with Gasteiger partial charge in [-0.15, -0.1) is 0 Å². The minimum Gasteiger partial charge on any atom is -0.348 e. The van der Waals surface area contributed by atoms with Gasteiger partial charge in [0.15, 0.2) is 0 Å². The second kappa shape index (κ2) is 7.68. The van der Waals surface area contributed by atoms with Crippen LogP contribution in [0, 0.1) is 5.92 Å². The summed E-state index contributed by atoms with van der Waals surface area (Å²) in [6, 6.07) is 8.07. The number of halogens is 1. The van der Waals surface area contributed by atoms with Crippen LogP contribution in [0.1, 0.15) is 56.0 Å². The number of nitrogens with one attached hydrogen (secondary N) is 1. The van der Waals surface area contributed by atoms with Gasteiger partial charge >= 0.3 is 0 Å². The normalized spacial score (nSPS) is 12.8. The van der Waals surface area contributed by atoms with Crippen molar-refractivity contribution in [3.8, 4) is 0 Å². The second-order valence-corrected chi connectivity index (χ2v) is 6.38. The maximum absolute atomic E-state index is 12.1. The smallest absolute Gasteiger partial charge is 0.251 e. The highest BCUT2D eigenvalue weighted by atomic mass is 79.9. The lowest BCUT2D eigenvalue weighted by molar-refractivity contribution is 0.0937. The number of hydrogen-bond acceptors (Lipinski definition) is 1. The highest BCUT2D eigenvalue weighted by molar-refractivity contribution is 9.09.